The van der Waals surface area contributed by atoms with Gasteiger partial charge in [0.15, 0.2) is 0 Å². The third-order valence-electron chi connectivity index (χ3n) is 2.10. The summed E-state index contributed by atoms with van der Waals surface area (Å²) in [6, 6.07) is 10.1. The van der Waals surface area contributed by atoms with Crippen molar-refractivity contribution in [2.24, 2.45) is 0 Å². The first-order chi connectivity index (χ1) is 7.83. The minimum absolute atomic E-state index is 0.135. The molecule has 1 rings (SSSR count). The number of hydrogen-bond donors (Lipinski definition) is 0. The molecule has 0 spiro atoms. The van der Waals surface area contributed by atoms with Crippen LogP contribution in [0, 0.1) is 11.8 Å². The van der Waals surface area contributed by atoms with Crippen LogP contribution in [0.5, 0.6) is 0 Å². The van der Waals surface area contributed by atoms with Crippen LogP contribution in [0.15, 0.2) is 35.2 Å². The number of hydrogen-bond acceptors (Lipinski definition) is 1. The average molecular weight is 253 g/mol. The lowest BCUT2D eigenvalue weighted by Gasteiger charge is -2.01. The second-order valence-corrected chi connectivity index (χ2v) is 5.40. The summed E-state index contributed by atoms with van der Waals surface area (Å²) in [5.41, 5.74) is 0. The molecule has 0 fully saturated rings. The van der Waals surface area contributed by atoms with Crippen molar-refractivity contribution >= 4 is 23.4 Å². The van der Waals surface area contributed by atoms with Crippen LogP contribution in [0.2, 0.25) is 0 Å². The Morgan fingerprint density at radius 3 is 2.69 bits per heavy atom. The fourth-order valence-electron chi connectivity index (χ4n) is 1.26. The van der Waals surface area contributed by atoms with Crippen LogP contribution in [0.3, 0.4) is 0 Å². The Morgan fingerprint density at radius 2 is 2.00 bits per heavy atom. The predicted octanol–water partition coefficient (Wildman–Crippen LogP) is 4.93. The Kier molecular flexibility index (Phi) is 7.21. The highest BCUT2D eigenvalue weighted by molar-refractivity contribution is 8.01. The molecule has 16 heavy (non-hydrogen) atoms. The molecule has 0 aliphatic carbocycles. The SMILES string of the molecule is CCCCCC#CC(Cl)Sc1ccccc1. The molecule has 0 amide bonds. The molecule has 1 atom stereocenters. The second kappa shape index (κ2) is 8.56. The molecule has 0 aromatic heterocycles. The summed E-state index contributed by atoms with van der Waals surface area (Å²) in [7, 11) is 0. The topological polar surface area (TPSA) is 0 Å². The van der Waals surface area contributed by atoms with E-state index in [0.29, 0.717) is 0 Å². The fourth-order valence-corrected chi connectivity index (χ4v) is 2.35. The third-order valence-corrected chi connectivity index (χ3v) is 3.35. The van der Waals surface area contributed by atoms with E-state index in [1.165, 1.54) is 24.2 Å². The monoisotopic (exact) mass is 252 g/mol. The summed E-state index contributed by atoms with van der Waals surface area (Å²) in [5, 5.41) is 0. The maximum absolute atomic E-state index is 6.12. The molecule has 2 heteroatoms. The number of rotatable bonds is 5. The highest BCUT2D eigenvalue weighted by atomic mass is 35.5. The molecule has 0 saturated carbocycles. The fraction of sp³-hybridized carbons (Fsp3) is 0.429. The number of thioether (sulfide) groups is 1. The average Bonchev–Trinajstić information content (AvgIpc) is 2.30. The van der Waals surface area contributed by atoms with Crippen LogP contribution in [-0.2, 0) is 0 Å². The van der Waals surface area contributed by atoms with Crippen molar-refractivity contribution in [2.75, 3.05) is 0 Å². The van der Waals surface area contributed by atoms with Crippen LogP contribution in [-0.4, -0.2) is 4.71 Å². The van der Waals surface area contributed by atoms with Gasteiger partial charge < -0.3 is 0 Å². The van der Waals surface area contributed by atoms with E-state index in [1.54, 1.807) is 11.8 Å². The molecule has 0 saturated heterocycles. The lowest BCUT2D eigenvalue weighted by atomic mass is 10.2. The Balaban J connectivity index is 2.27. The molecular weight excluding hydrogens is 236 g/mol. The van der Waals surface area contributed by atoms with Gasteiger partial charge in [0.05, 0.1) is 0 Å². The third kappa shape index (κ3) is 6.10. The highest BCUT2D eigenvalue weighted by Crippen LogP contribution is 2.24. The standard InChI is InChI=1S/C14H17ClS/c1-2-3-4-5-9-12-14(15)16-13-10-7-6-8-11-13/h6-8,10-11,14H,2-5H2,1H3. The highest BCUT2D eigenvalue weighted by Gasteiger charge is 2.00. The van der Waals surface area contributed by atoms with Crippen molar-refractivity contribution in [3.05, 3.63) is 30.3 Å². The van der Waals surface area contributed by atoms with Crippen LogP contribution >= 0.6 is 23.4 Å². The maximum atomic E-state index is 6.12. The number of alkyl halides is 1. The summed E-state index contributed by atoms with van der Waals surface area (Å²) >= 11 is 7.72. The molecule has 0 nitrogen and oxygen atoms in total. The minimum Gasteiger partial charge on any atom is -0.101 e. The lowest BCUT2D eigenvalue weighted by Crippen LogP contribution is -1.86. The zero-order valence-corrected chi connectivity index (χ0v) is 11.2. The second-order valence-electron chi connectivity index (χ2n) is 3.53. The normalized spacial score (nSPS) is 11.6. The summed E-state index contributed by atoms with van der Waals surface area (Å²) < 4.78 is -0.135. The minimum atomic E-state index is -0.135. The van der Waals surface area contributed by atoms with E-state index in [4.69, 9.17) is 11.6 Å². The van der Waals surface area contributed by atoms with Gasteiger partial charge in [-0.05, 0) is 18.6 Å². The Morgan fingerprint density at radius 1 is 1.25 bits per heavy atom. The van der Waals surface area contributed by atoms with Gasteiger partial charge in [-0.3, -0.25) is 0 Å². The van der Waals surface area contributed by atoms with Gasteiger partial charge in [0.1, 0.15) is 4.71 Å². The van der Waals surface area contributed by atoms with E-state index in [1.807, 2.05) is 18.2 Å². The molecule has 0 bridgehead atoms. The summed E-state index contributed by atoms with van der Waals surface area (Å²) in [4.78, 5) is 1.17. The zero-order chi connectivity index (χ0) is 11.6. The molecule has 0 N–H and O–H groups in total. The maximum Gasteiger partial charge on any atom is 0.144 e. The van der Waals surface area contributed by atoms with Gasteiger partial charge in [0.2, 0.25) is 0 Å². The number of halogens is 1. The van der Waals surface area contributed by atoms with Gasteiger partial charge in [0, 0.05) is 11.3 Å². The van der Waals surface area contributed by atoms with Gasteiger partial charge in [-0.25, -0.2) is 0 Å². The van der Waals surface area contributed by atoms with Crippen molar-refractivity contribution in [2.45, 2.75) is 42.2 Å². The van der Waals surface area contributed by atoms with Gasteiger partial charge in [-0.1, -0.05) is 67.2 Å². The van der Waals surface area contributed by atoms with Gasteiger partial charge in [-0.2, -0.15) is 0 Å². The Labute approximate surface area is 108 Å². The molecule has 1 aromatic carbocycles. The van der Waals surface area contributed by atoms with Gasteiger partial charge in [-0.15, -0.1) is 5.92 Å². The van der Waals surface area contributed by atoms with E-state index in [2.05, 4.69) is 30.9 Å². The van der Waals surface area contributed by atoms with Gasteiger partial charge in [0.25, 0.3) is 0 Å². The van der Waals surface area contributed by atoms with E-state index >= 15 is 0 Å². The van der Waals surface area contributed by atoms with Crippen molar-refractivity contribution in [1.29, 1.82) is 0 Å². The van der Waals surface area contributed by atoms with Gasteiger partial charge >= 0.3 is 0 Å². The van der Waals surface area contributed by atoms with Crippen LogP contribution in [0.4, 0.5) is 0 Å². The smallest absolute Gasteiger partial charge is 0.101 e. The molecule has 1 aromatic rings. The quantitative estimate of drug-likeness (QED) is 0.310. The first-order valence-electron chi connectivity index (χ1n) is 5.67. The predicted molar refractivity (Wildman–Crippen MR) is 73.9 cm³/mol. The molecule has 0 aliphatic heterocycles. The lowest BCUT2D eigenvalue weighted by molar-refractivity contribution is 0.737. The summed E-state index contributed by atoms with van der Waals surface area (Å²) in [6.45, 7) is 2.20. The molecule has 0 aliphatic rings. The van der Waals surface area contributed by atoms with Crippen LogP contribution < -0.4 is 0 Å². The molecular formula is C14H17ClS. The largest absolute Gasteiger partial charge is 0.144 e. The summed E-state index contributed by atoms with van der Waals surface area (Å²) in [5.74, 6) is 6.21. The summed E-state index contributed by atoms with van der Waals surface area (Å²) in [6.07, 6.45) is 4.65. The Hall–Kier alpha value is -0.580. The van der Waals surface area contributed by atoms with Crippen LogP contribution in [0.1, 0.15) is 32.6 Å². The van der Waals surface area contributed by atoms with E-state index in [-0.39, 0.29) is 4.71 Å². The van der Waals surface area contributed by atoms with E-state index in [9.17, 15) is 0 Å². The van der Waals surface area contributed by atoms with E-state index in [0.717, 1.165) is 6.42 Å². The van der Waals surface area contributed by atoms with Crippen molar-refractivity contribution in [3.8, 4) is 11.8 Å². The van der Waals surface area contributed by atoms with Crippen LogP contribution in [0.25, 0.3) is 0 Å². The first kappa shape index (κ1) is 13.5. The molecule has 0 heterocycles. The molecule has 0 radical (unpaired) electrons. The van der Waals surface area contributed by atoms with Crippen molar-refractivity contribution in [1.82, 2.24) is 0 Å². The molecule has 1 unspecified atom stereocenters. The first-order valence-corrected chi connectivity index (χ1v) is 6.98. The number of unbranched alkanes of at least 4 members (excludes halogenated alkanes) is 3. The van der Waals surface area contributed by atoms with Crippen molar-refractivity contribution < 1.29 is 0 Å². The Bertz CT molecular complexity index is 337. The van der Waals surface area contributed by atoms with Crippen molar-refractivity contribution in [3.63, 3.8) is 0 Å². The molecule has 86 valence electrons. The number of benzene rings is 1. The zero-order valence-electron chi connectivity index (χ0n) is 9.58. The van der Waals surface area contributed by atoms with E-state index < -0.39 is 0 Å².